The molecule has 7 heteroatoms. The summed E-state index contributed by atoms with van der Waals surface area (Å²) < 4.78 is 41.7. The molecule has 1 N–H and O–H groups in total. The van der Waals surface area contributed by atoms with E-state index in [9.17, 15) is 18.0 Å². The molecule has 2 heterocycles. The van der Waals surface area contributed by atoms with Gasteiger partial charge in [-0.3, -0.25) is 9.78 Å². The van der Waals surface area contributed by atoms with Crippen LogP contribution in [-0.4, -0.2) is 15.8 Å². The SMILES string of the molecule is O=C(c1ccccc1)c1cc(-c2cccc(NCc3cccnc3)c2)c2cccc(C(F)(F)F)c2n1. The number of pyridine rings is 2. The lowest BCUT2D eigenvalue weighted by Gasteiger charge is -2.15. The van der Waals surface area contributed by atoms with E-state index in [2.05, 4.69) is 15.3 Å². The Bertz CT molecular complexity index is 1530. The standard InChI is InChI=1S/C29H20F3N3O/c30-29(31,32)25-13-5-12-23-24(16-26(35-27(23)25)28(36)20-8-2-1-3-9-20)21-10-4-11-22(15-21)34-18-19-7-6-14-33-17-19/h1-17,34H,18H2. The molecule has 3 aromatic carbocycles. The van der Waals surface area contributed by atoms with E-state index in [1.54, 1.807) is 60.9 Å². The Balaban J connectivity index is 1.63. The molecule has 5 rings (SSSR count). The fourth-order valence-corrected chi connectivity index (χ4v) is 4.07. The monoisotopic (exact) mass is 483 g/mol. The van der Waals surface area contributed by atoms with E-state index in [-0.39, 0.29) is 11.2 Å². The van der Waals surface area contributed by atoms with Gasteiger partial charge in [0.25, 0.3) is 0 Å². The number of hydrogen-bond acceptors (Lipinski definition) is 4. The number of fused-ring (bicyclic) bond motifs is 1. The Hall–Kier alpha value is -4.52. The highest BCUT2D eigenvalue weighted by Gasteiger charge is 2.34. The lowest BCUT2D eigenvalue weighted by molar-refractivity contribution is -0.136. The van der Waals surface area contributed by atoms with E-state index in [1.807, 2.05) is 30.3 Å². The summed E-state index contributed by atoms with van der Waals surface area (Å²) in [6.07, 6.45) is -1.17. The molecule has 0 aliphatic rings. The highest BCUT2D eigenvalue weighted by molar-refractivity contribution is 6.10. The minimum absolute atomic E-state index is 0.0471. The summed E-state index contributed by atoms with van der Waals surface area (Å²) in [5.74, 6) is -0.443. The van der Waals surface area contributed by atoms with Crippen LogP contribution in [0.3, 0.4) is 0 Å². The molecule has 0 saturated carbocycles. The van der Waals surface area contributed by atoms with Gasteiger partial charge in [0.05, 0.1) is 11.1 Å². The molecule has 0 aliphatic heterocycles. The summed E-state index contributed by atoms with van der Waals surface area (Å²) in [5, 5.41) is 3.63. The maximum Gasteiger partial charge on any atom is 0.418 e. The molecule has 4 nitrogen and oxygen atoms in total. The molecule has 0 bridgehead atoms. The van der Waals surface area contributed by atoms with Gasteiger partial charge in [-0.25, -0.2) is 4.98 Å². The lowest BCUT2D eigenvalue weighted by Crippen LogP contribution is -2.10. The number of anilines is 1. The molecule has 0 saturated heterocycles. The second-order valence-electron chi connectivity index (χ2n) is 8.25. The number of para-hydroxylation sites is 1. The highest BCUT2D eigenvalue weighted by Crippen LogP contribution is 2.38. The molecule has 36 heavy (non-hydrogen) atoms. The van der Waals surface area contributed by atoms with E-state index in [0.29, 0.717) is 28.6 Å². The van der Waals surface area contributed by atoms with Gasteiger partial charge in [-0.05, 0) is 47.0 Å². The van der Waals surface area contributed by atoms with Crippen LogP contribution in [0, 0.1) is 0 Å². The molecule has 0 unspecified atom stereocenters. The topological polar surface area (TPSA) is 54.9 Å². The number of carbonyl (C=O) groups excluding carboxylic acids is 1. The van der Waals surface area contributed by atoms with Gasteiger partial charge < -0.3 is 5.32 Å². The highest BCUT2D eigenvalue weighted by atomic mass is 19.4. The van der Waals surface area contributed by atoms with Crippen molar-refractivity contribution >= 4 is 22.4 Å². The van der Waals surface area contributed by atoms with Crippen LogP contribution in [0.1, 0.15) is 27.2 Å². The van der Waals surface area contributed by atoms with E-state index < -0.39 is 17.5 Å². The fourth-order valence-electron chi connectivity index (χ4n) is 4.07. The van der Waals surface area contributed by atoms with Crippen LogP contribution in [0.25, 0.3) is 22.0 Å². The van der Waals surface area contributed by atoms with Gasteiger partial charge in [0.1, 0.15) is 5.69 Å². The Kier molecular flexibility index (Phi) is 6.21. The zero-order valence-electron chi connectivity index (χ0n) is 19.0. The molecule has 0 spiro atoms. The minimum Gasteiger partial charge on any atom is -0.381 e. The van der Waals surface area contributed by atoms with E-state index in [0.717, 1.165) is 17.3 Å². The van der Waals surface area contributed by atoms with Crippen LogP contribution in [0.5, 0.6) is 0 Å². The first-order valence-corrected chi connectivity index (χ1v) is 11.2. The largest absolute Gasteiger partial charge is 0.418 e. The van der Waals surface area contributed by atoms with Gasteiger partial charge in [0.15, 0.2) is 0 Å². The molecule has 5 aromatic rings. The predicted octanol–water partition coefficient (Wildman–Crippen LogP) is 7.16. The molecule has 0 amide bonds. The molecular weight excluding hydrogens is 463 g/mol. The first kappa shape index (κ1) is 23.2. The van der Waals surface area contributed by atoms with Gasteiger partial charge in [0, 0.05) is 35.6 Å². The molecule has 178 valence electrons. The number of aromatic nitrogens is 2. The third-order valence-electron chi connectivity index (χ3n) is 5.81. The summed E-state index contributed by atoms with van der Waals surface area (Å²) in [4.78, 5) is 21.5. The van der Waals surface area contributed by atoms with Crippen molar-refractivity contribution in [1.82, 2.24) is 9.97 Å². The first-order valence-electron chi connectivity index (χ1n) is 11.2. The quantitative estimate of drug-likeness (QED) is 0.261. The minimum atomic E-state index is -4.62. The number of halogens is 3. The van der Waals surface area contributed by atoms with Crippen molar-refractivity contribution in [1.29, 1.82) is 0 Å². The van der Waals surface area contributed by atoms with Crippen molar-refractivity contribution in [2.24, 2.45) is 0 Å². The second-order valence-corrected chi connectivity index (χ2v) is 8.25. The van der Waals surface area contributed by atoms with Crippen molar-refractivity contribution < 1.29 is 18.0 Å². The number of nitrogens with one attached hydrogen (secondary N) is 1. The number of hydrogen-bond donors (Lipinski definition) is 1. The maximum absolute atomic E-state index is 13.9. The fraction of sp³-hybridized carbons (Fsp3) is 0.0690. The molecular formula is C29H20F3N3O. The summed E-state index contributed by atoms with van der Waals surface area (Å²) in [7, 11) is 0. The number of rotatable bonds is 6. The van der Waals surface area contributed by atoms with Gasteiger partial charge >= 0.3 is 6.18 Å². The molecule has 0 fully saturated rings. The van der Waals surface area contributed by atoms with Crippen molar-refractivity contribution in [3.05, 3.63) is 126 Å². The second kappa shape index (κ2) is 9.62. The van der Waals surface area contributed by atoms with Gasteiger partial charge in [-0.1, -0.05) is 60.7 Å². The Labute approximate surface area is 205 Å². The van der Waals surface area contributed by atoms with Gasteiger partial charge in [-0.15, -0.1) is 0 Å². The summed E-state index contributed by atoms with van der Waals surface area (Å²) in [6.45, 7) is 0.532. The average molecular weight is 483 g/mol. The van der Waals surface area contributed by atoms with E-state index in [1.165, 1.54) is 6.07 Å². The van der Waals surface area contributed by atoms with Crippen LogP contribution in [-0.2, 0) is 12.7 Å². The number of nitrogens with zero attached hydrogens (tertiary/aromatic N) is 2. The van der Waals surface area contributed by atoms with E-state index >= 15 is 0 Å². The number of ketones is 1. The summed E-state index contributed by atoms with van der Waals surface area (Å²) in [5.41, 5.74) is 2.11. The number of carbonyl (C=O) groups is 1. The zero-order chi connectivity index (χ0) is 25.1. The normalized spacial score (nSPS) is 11.4. The van der Waals surface area contributed by atoms with Crippen LogP contribution in [0.4, 0.5) is 18.9 Å². The van der Waals surface area contributed by atoms with Crippen LogP contribution in [0.15, 0.2) is 103 Å². The molecule has 0 atom stereocenters. The molecule has 0 aliphatic carbocycles. The Morgan fingerprint density at radius 1 is 0.861 bits per heavy atom. The predicted molar refractivity (Wildman–Crippen MR) is 134 cm³/mol. The van der Waals surface area contributed by atoms with Crippen molar-refractivity contribution in [2.75, 3.05) is 5.32 Å². The average Bonchev–Trinajstić information content (AvgIpc) is 2.91. The maximum atomic E-state index is 13.9. The van der Waals surface area contributed by atoms with Gasteiger partial charge in [-0.2, -0.15) is 13.2 Å². The Morgan fingerprint density at radius 2 is 1.67 bits per heavy atom. The number of benzene rings is 3. The van der Waals surface area contributed by atoms with E-state index in [4.69, 9.17) is 0 Å². The number of alkyl halides is 3. The van der Waals surface area contributed by atoms with Crippen LogP contribution < -0.4 is 5.32 Å². The first-order chi connectivity index (χ1) is 17.4. The third kappa shape index (κ3) is 4.81. The Morgan fingerprint density at radius 3 is 2.42 bits per heavy atom. The van der Waals surface area contributed by atoms with Crippen molar-refractivity contribution in [3.8, 4) is 11.1 Å². The van der Waals surface area contributed by atoms with Crippen molar-refractivity contribution in [2.45, 2.75) is 12.7 Å². The van der Waals surface area contributed by atoms with Crippen LogP contribution in [0.2, 0.25) is 0 Å². The lowest BCUT2D eigenvalue weighted by atomic mass is 9.96. The van der Waals surface area contributed by atoms with Crippen molar-refractivity contribution in [3.63, 3.8) is 0 Å². The third-order valence-corrected chi connectivity index (χ3v) is 5.81. The zero-order valence-corrected chi connectivity index (χ0v) is 19.0. The smallest absolute Gasteiger partial charge is 0.381 e. The molecule has 2 aromatic heterocycles. The summed E-state index contributed by atoms with van der Waals surface area (Å²) >= 11 is 0. The van der Waals surface area contributed by atoms with Gasteiger partial charge in [0.2, 0.25) is 5.78 Å². The summed E-state index contributed by atoms with van der Waals surface area (Å²) in [6, 6.07) is 25.1. The van der Waals surface area contributed by atoms with Crippen LogP contribution >= 0.6 is 0 Å². The molecule has 0 radical (unpaired) electrons.